The molecule has 0 bridgehead atoms. The van der Waals surface area contributed by atoms with Gasteiger partial charge in [0.15, 0.2) is 0 Å². The highest BCUT2D eigenvalue weighted by atomic mass is 16.1. The van der Waals surface area contributed by atoms with E-state index in [2.05, 4.69) is 24.5 Å². The lowest BCUT2D eigenvalue weighted by molar-refractivity contribution is -0.124. The lowest BCUT2D eigenvalue weighted by Gasteiger charge is -2.27. The van der Waals surface area contributed by atoms with Crippen LogP contribution in [0.1, 0.15) is 41.0 Å². The molecule has 3 nitrogen and oxygen atoms in total. The first-order chi connectivity index (χ1) is 6.16. The molecule has 14 heavy (non-hydrogen) atoms. The highest BCUT2D eigenvalue weighted by Crippen LogP contribution is 2.19. The van der Waals surface area contributed by atoms with Gasteiger partial charge in [-0.15, -0.1) is 0 Å². The molecule has 0 rings (SSSR count). The molecule has 0 heterocycles. The molecule has 0 aromatic carbocycles. The minimum atomic E-state index is -0.132. The van der Waals surface area contributed by atoms with Gasteiger partial charge in [0, 0.05) is 18.5 Å². The number of hydrogen-bond donors (Lipinski definition) is 2. The molecule has 0 radical (unpaired) electrons. The predicted octanol–water partition coefficient (Wildman–Crippen LogP) is 1.54. The number of carbonyl (C=O) groups is 1. The van der Waals surface area contributed by atoms with Gasteiger partial charge in [0.2, 0.25) is 5.91 Å². The van der Waals surface area contributed by atoms with E-state index < -0.39 is 0 Å². The molecular weight excluding hydrogens is 176 g/mol. The zero-order valence-electron chi connectivity index (χ0n) is 10.3. The molecule has 0 atom stereocenters. The van der Waals surface area contributed by atoms with E-state index in [1.807, 2.05) is 27.8 Å². The number of hydrogen-bond acceptors (Lipinski definition) is 2. The Hall–Kier alpha value is -0.570. The SMILES string of the molecule is CNCC(C)(C)CC(=O)NC(C)(C)C. The molecule has 0 spiro atoms. The lowest BCUT2D eigenvalue weighted by atomic mass is 9.88. The van der Waals surface area contributed by atoms with Crippen LogP contribution in [0, 0.1) is 5.41 Å². The zero-order valence-corrected chi connectivity index (χ0v) is 10.3. The van der Waals surface area contributed by atoms with Gasteiger partial charge >= 0.3 is 0 Å². The van der Waals surface area contributed by atoms with Crippen LogP contribution in [0.5, 0.6) is 0 Å². The van der Waals surface area contributed by atoms with Gasteiger partial charge in [0.1, 0.15) is 0 Å². The second-order valence-corrected chi connectivity index (χ2v) is 5.67. The van der Waals surface area contributed by atoms with Crippen LogP contribution in [-0.4, -0.2) is 25.0 Å². The van der Waals surface area contributed by atoms with E-state index in [0.29, 0.717) is 6.42 Å². The van der Waals surface area contributed by atoms with E-state index in [9.17, 15) is 4.79 Å². The highest BCUT2D eigenvalue weighted by Gasteiger charge is 2.23. The van der Waals surface area contributed by atoms with Crippen molar-refractivity contribution >= 4 is 5.91 Å². The summed E-state index contributed by atoms with van der Waals surface area (Å²) in [6.07, 6.45) is 0.561. The third kappa shape index (κ3) is 6.89. The fourth-order valence-corrected chi connectivity index (χ4v) is 1.44. The Balaban J connectivity index is 4.06. The number of amides is 1. The summed E-state index contributed by atoms with van der Waals surface area (Å²) in [4.78, 5) is 11.6. The lowest BCUT2D eigenvalue weighted by Crippen LogP contribution is -2.43. The second-order valence-electron chi connectivity index (χ2n) is 5.67. The second kappa shape index (κ2) is 4.78. The van der Waals surface area contributed by atoms with E-state index in [4.69, 9.17) is 0 Å². The molecule has 0 saturated carbocycles. The molecule has 0 aromatic heterocycles. The van der Waals surface area contributed by atoms with Crippen molar-refractivity contribution in [1.82, 2.24) is 10.6 Å². The fourth-order valence-electron chi connectivity index (χ4n) is 1.44. The Labute approximate surface area is 87.6 Å². The first kappa shape index (κ1) is 13.4. The van der Waals surface area contributed by atoms with Crippen LogP contribution in [0.2, 0.25) is 0 Å². The summed E-state index contributed by atoms with van der Waals surface area (Å²) < 4.78 is 0. The normalized spacial score (nSPS) is 12.7. The maximum absolute atomic E-state index is 11.6. The van der Waals surface area contributed by atoms with Crippen LogP contribution in [0.15, 0.2) is 0 Å². The molecule has 0 unspecified atom stereocenters. The molecule has 0 saturated heterocycles. The highest BCUT2D eigenvalue weighted by molar-refractivity contribution is 5.77. The van der Waals surface area contributed by atoms with E-state index in [1.165, 1.54) is 0 Å². The standard InChI is InChI=1S/C11H24N2O/c1-10(2,3)13-9(14)7-11(4,5)8-12-6/h12H,7-8H2,1-6H3,(H,13,14). The summed E-state index contributed by atoms with van der Waals surface area (Å²) in [7, 11) is 1.91. The minimum absolute atomic E-state index is 0.0179. The van der Waals surface area contributed by atoms with E-state index >= 15 is 0 Å². The van der Waals surface area contributed by atoms with Crippen LogP contribution in [0.4, 0.5) is 0 Å². The smallest absolute Gasteiger partial charge is 0.220 e. The Kier molecular flexibility index (Phi) is 4.59. The van der Waals surface area contributed by atoms with E-state index in [0.717, 1.165) is 6.54 Å². The average Bonchev–Trinajstić information content (AvgIpc) is 1.78. The van der Waals surface area contributed by atoms with Crippen LogP contribution in [-0.2, 0) is 4.79 Å². The summed E-state index contributed by atoms with van der Waals surface area (Å²) in [6, 6.07) is 0. The topological polar surface area (TPSA) is 41.1 Å². The quantitative estimate of drug-likeness (QED) is 0.722. The minimum Gasteiger partial charge on any atom is -0.351 e. The van der Waals surface area contributed by atoms with E-state index in [1.54, 1.807) is 0 Å². The summed E-state index contributed by atoms with van der Waals surface area (Å²) in [5.41, 5.74) is -0.114. The first-order valence-corrected chi connectivity index (χ1v) is 5.12. The van der Waals surface area contributed by atoms with Gasteiger partial charge in [0.05, 0.1) is 0 Å². The molecule has 3 heteroatoms. The van der Waals surface area contributed by atoms with Gasteiger partial charge in [-0.3, -0.25) is 4.79 Å². The van der Waals surface area contributed by atoms with Crippen molar-refractivity contribution in [2.75, 3.05) is 13.6 Å². The average molecular weight is 200 g/mol. The van der Waals surface area contributed by atoms with Crippen molar-refractivity contribution in [3.05, 3.63) is 0 Å². The molecule has 2 N–H and O–H groups in total. The Morgan fingerprint density at radius 1 is 1.14 bits per heavy atom. The Morgan fingerprint density at radius 3 is 2.00 bits per heavy atom. The molecule has 0 fully saturated rings. The summed E-state index contributed by atoms with van der Waals surface area (Å²) in [5.74, 6) is 0.123. The van der Waals surface area contributed by atoms with Crippen LogP contribution >= 0.6 is 0 Å². The van der Waals surface area contributed by atoms with Crippen molar-refractivity contribution in [3.8, 4) is 0 Å². The molecule has 1 amide bonds. The maximum atomic E-state index is 11.6. The first-order valence-electron chi connectivity index (χ1n) is 5.12. The predicted molar refractivity (Wildman–Crippen MR) is 60.2 cm³/mol. The van der Waals surface area contributed by atoms with Crippen molar-refractivity contribution in [3.63, 3.8) is 0 Å². The number of carbonyl (C=O) groups excluding carboxylic acids is 1. The fraction of sp³-hybridized carbons (Fsp3) is 0.909. The van der Waals surface area contributed by atoms with Gasteiger partial charge in [-0.1, -0.05) is 13.8 Å². The summed E-state index contributed by atoms with van der Waals surface area (Å²) >= 11 is 0. The third-order valence-electron chi connectivity index (χ3n) is 1.81. The van der Waals surface area contributed by atoms with Crippen LogP contribution in [0.3, 0.4) is 0 Å². The molecular formula is C11H24N2O. The molecule has 0 aromatic rings. The maximum Gasteiger partial charge on any atom is 0.220 e. The van der Waals surface area contributed by atoms with Gasteiger partial charge in [-0.25, -0.2) is 0 Å². The summed E-state index contributed by atoms with van der Waals surface area (Å²) in [5, 5.41) is 6.06. The largest absolute Gasteiger partial charge is 0.351 e. The molecule has 0 aliphatic heterocycles. The Bertz CT molecular complexity index is 192. The van der Waals surface area contributed by atoms with Crippen molar-refractivity contribution < 1.29 is 4.79 Å². The number of rotatable bonds is 4. The third-order valence-corrected chi connectivity index (χ3v) is 1.81. The van der Waals surface area contributed by atoms with Gasteiger partial charge in [-0.2, -0.15) is 0 Å². The van der Waals surface area contributed by atoms with Crippen molar-refractivity contribution in [1.29, 1.82) is 0 Å². The van der Waals surface area contributed by atoms with Crippen LogP contribution < -0.4 is 10.6 Å². The summed E-state index contributed by atoms with van der Waals surface area (Å²) in [6.45, 7) is 11.0. The van der Waals surface area contributed by atoms with Gasteiger partial charge < -0.3 is 10.6 Å². The van der Waals surface area contributed by atoms with Crippen molar-refractivity contribution in [2.45, 2.75) is 46.6 Å². The van der Waals surface area contributed by atoms with Crippen LogP contribution in [0.25, 0.3) is 0 Å². The molecule has 0 aliphatic carbocycles. The molecule has 84 valence electrons. The molecule has 0 aliphatic rings. The number of nitrogens with one attached hydrogen (secondary N) is 2. The Morgan fingerprint density at radius 2 is 1.64 bits per heavy atom. The van der Waals surface area contributed by atoms with E-state index in [-0.39, 0.29) is 16.9 Å². The van der Waals surface area contributed by atoms with Gasteiger partial charge in [0.25, 0.3) is 0 Å². The zero-order chi connectivity index (χ0) is 11.4. The monoisotopic (exact) mass is 200 g/mol. The van der Waals surface area contributed by atoms with Crippen molar-refractivity contribution in [2.24, 2.45) is 5.41 Å². The van der Waals surface area contributed by atoms with Gasteiger partial charge in [-0.05, 0) is 33.2 Å².